The first-order chi connectivity index (χ1) is 15.7. The molecule has 2 aromatic carbocycles. The molecule has 180 valence electrons. The first-order valence-electron chi connectivity index (χ1n) is 11.7. The lowest BCUT2D eigenvalue weighted by Gasteiger charge is -2.30. The van der Waals surface area contributed by atoms with Gasteiger partial charge >= 0.3 is 0 Å². The molecule has 4 rings (SSSR count). The summed E-state index contributed by atoms with van der Waals surface area (Å²) in [6, 6.07) is 12.4. The Morgan fingerprint density at radius 1 is 1.18 bits per heavy atom. The quantitative estimate of drug-likeness (QED) is 0.469. The largest absolute Gasteiger partial charge is 0.368 e. The summed E-state index contributed by atoms with van der Waals surface area (Å²) in [4.78, 5) is 12.8. The van der Waals surface area contributed by atoms with E-state index in [2.05, 4.69) is 38.1 Å². The van der Waals surface area contributed by atoms with Gasteiger partial charge < -0.3 is 18.9 Å². The third kappa shape index (κ3) is 4.57. The molecule has 2 saturated heterocycles. The van der Waals surface area contributed by atoms with Gasteiger partial charge in [-0.1, -0.05) is 56.2 Å². The van der Waals surface area contributed by atoms with E-state index in [1.807, 2.05) is 12.1 Å². The summed E-state index contributed by atoms with van der Waals surface area (Å²) in [5.74, 6) is -2.80. The molecule has 7 heteroatoms. The SMILES string of the molecule is CCCC[C@H](OCl)[C@H]1O[C@]2(C(C)=O)OC(C)(C)O[C@@H]2[C@H]1OCc1c(C)ccc2ccccc12. The zero-order valence-electron chi connectivity index (χ0n) is 19.9. The lowest BCUT2D eigenvalue weighted by Crippen LogP contribution is -2.47. The highest BCUT2D eigenvalue weighted by Gasteiger charge is 2.69. The second-order valence-electron chi connectivity index (χ2n) is 9.47. The fourth-order valence-electron chi connectivity index (χ4n) is 4.95. The van der Waals surface area contributed by atoms with Crippen molar-refractivity contribution in [1.29, 1.82) is 0 Å². The minimum absolute atomic E-state index is 0.265. The number of rotatable bonds is 9. The Hall–Kier alpha value is -1.54. The summed E-state index contributed by atoms with van der Waals surface area (Å²) >= 11 is 5.90. The van der Waals surface area contributed by atoms with Gasteiger partial charge in [-0.2, -0.15) is 0 Å². The molecule has 0 spiro atoms. The third-order valence-corrected chi connectivity index (χ3v) is 6.85. The number of carbonyl (C=O) groups is 1. The summed E-state index contributed by atoms with van der Waals surface area (Å²) in [6.07, 6.45) is 0.123. The van der Waals surface area contributed by atoms with Gasteiger partial charge in [-0.25, -0.2) is 0 Å². The van der Waals surface area contributed by atoms with Crippen LogP contribution in [0.4, 0.5) is 0 Å². The summed E-state index contributed by atoms with van der Waals surface area (Å²) in [7, 11) is 0. The molecule has 2 aliphatic rings. The zero-order valence-corrected chi connectivity index (χ0v) is 20.7. The Balaban J connectivity index is 1.68. The molecule has 5 atom stereocenters. The topological polar surface area (TPSA) is 63.2 Å². The zero-order chi connectivity index (χ0) is 23.8. The average Bonchev–Trinajstić information content (AvgIpc) is 3.22. The van der Waals surface area contributed by atoms with Gasteiger partial charge in [-0.15, -0.1) is 0 Å². The van der Waals surface area contributed by atoms with Gasteiger partial charge in [0.1, 0.15) is 18.3 Å². The molecule has 0 aliphatic carbocycles. The van der Waals surface area contributed by atoms with Crippen molar-refractivity contribution < 1.29 is 28.0 Å². The molecule has 6 nitrogen and oxygen atoms in total. The molecule has 2 heterocycles. The summed E-state index contributed by atoms with van der Waals surface area (Å²) < 4.78 is 30.4. The van der Waals surface area contributed by atoms with Gasteiger partial charge in [0.15, 0.2) is 17.7 Å². The number of hydrogen-bond acceptors (Lipinski definition) is 6. The standard InChI is InChI=1S/C26H33ClO6/c1-6-7-12-21(32-27)22-23(24-26(30-22,17(3)28)33-25(4,5)31-24)29-15-20-16(2)13-14-18-10-8-9-11-19(18)20/h8-11,13-14,21-24H,6-7,12,15H2,1-5H3/t21-,22+,23-,24+,26+/m0/s1. The number of carbonyl (C=O) groups excluding carboxylic acids is 1. The second-order valence-corrected chi connectivity index (χ2v) is 9.65. The Labute approximate surface area is 200 Å². The van der Waals surface area contributed by atoms with E-state index in [0.29, 0.717) is 13.0 Å². The van der Waals surface area contributed by atoms with E-state index in [1.54, 1.807) is 13.8 Å². The van der Waals surface area contributed by atoms with Crippen LogP contribution in [-0.4, -0.2) is 41.8 Å². The summed E-state index contributed by atoms with van der Waals surface area (Å²) in [5, 5.41) is 2.27. The molecule has 33 heavy (non-hydrogen) atoms. The number of hydrogen-bond donors (Lipinski definition) is 0. The van der Waals surface area contributed by atoms with E-state index in [0.717, 1.165) is 34.7 Å². The van der Waals surface area contributed by atoms with E-state index in [-0.39, 0.29) is 5.78 Å². The molecule has 2 aliphatic heterocycles. The van der Waals surface area contributed by atoms with Crippen molar-refractivity contribution in [3.63, 3.8) is 0 Å². The van der Waals surface area contributed by atoms with E-state index in [4.69, 9.17) is 35.1 Å². The first-order valence-corrected chi connectivity index (χ1v) is 12.0. The maximum Gasteiger partial charge on any atom is 0.261 e. The molecule has 0 aromatic heterocycles. The van der Waals surface area contributed by atoms with Gasteiger partial charge in [0, 0.05) is 6.92 Å². The second kappa shape index (κ2) is 9.61. The predicted octanol–water partition coefficient (Wildman–Crippen LogP) is 5.60. The smallest absolute Gasteiger partial charge is 0.261 e. The lowest BCUT2D eigenvalue weighted by molar-refractivity contribution is -0.262. The number of aryl methyl sites for hydroxylation is 1. The molecule has 0 bridgehead atoms. The van der Waals surface area contributed by atoms with Gasteiger partial charge in [-0.3, -0.25) is 9.08 Å². The number of ether oxygens (including phenoxy) is 4. The van der Waals surface area contributed by atoms with Crippen molar-refractivity contribution in [2.75, 3.05) is 0 Å². The fourth-order valence-corrected chi connectivity index (χ4v) is 5.14. The maximum absolute atomic E-state index is 12.8. The minimum Gasteiger partial charge on any atom is -0.368 e. The van der Waals surface area contributed by atoms with Gasteiger partial charge in [0.05, 0.1) is 18.5 Å². The molecular formula is C26H33ClO6. The molecule has 0 saturated carbocycles. The van der Waals surface area contributed by atoms with Crippen LogP contribution in [0.25, 0.3) is 10.8 Å². The Kier molecular flexibility index (Phi) is 7.16. The van der Waals surface area contributed by atoms with Gasteiger partial charge in [0.25, 0.3) is 5.79 Å². The van der Waals surface area contributed by atoms with Crippen LogP contribution < -0.4 is 0 Å². The predicted molar refractivity (Wildman–Crippen MR) is 126 cm³/mol. The fraction of sp³-hybridized carbons (Fsp3) is 0.577. The molecule has 0 unspecified atom stereocenters. The first kappa shape index (κ1) is 24.6. The van der Waals surface area contributed by atoms with Gasteiger partial charge in [0.2, 0.25) is 0 Å². The average molecular weight is 477 g/mol. The lowest BCUT2D eigenvalue weighted by atomic mass is 9.97. The van der Waals surface area contributed by atoms with Crippen molar-refractivity contribution in [2.45, 2.75) is 96.5 Å². The number of halogens is 1. The molecule has 0 amide bonds. The van der Waals surface area contributed by atoms with E-state index in [9.17, 15) is 4.79 Å². The Morgan fingerprint density at radius 3 is 2.64 bits per heavy atom. The summed E-state index contributed by atoms with van der Waals surface area (Å²) in [6.45, 7) is 9.49. The number of fused-ring (bicyclic) bond motifs is 2. The monoisotopic (exact) mass is 476 g/mol. The van der Waals surface area contributed by atoms with E-state index in [1.165, 1.54) is 6.92 Å². The molecule has 2 fully saturated rings. The van der Waals surface area contributed by atoms with Crippen LogP contribution in [0.1, 0.15) is 58.1 Å². The number of unbranched alkanes of at least 4 members (excludes halogenated alkanes) is 1. The van der Waals surface area contributed by atoms with Crippen molar-refractivity contribution in [2.24, 2.45) is 0 Å². The number of benzene rings is 2. The van der Waals surface area contributed by atoms with E-state index < -0.39 is 36.0 Å². The molecule has 0 N–H and O–H groups in total. The van der Waals surface area contributed by atoms with Crippen molar-refractivity contribution in [3.05, 3.63) is 47.5 Å². The Morgan fingerprint density at radius 2 is 1.94 bits per heavy atom. The van der Waals surface area contributed by atoms with Crippen LogP contribution in [0.3, 0.4) is 0 Å². The summed E-state index contributed by atoms with van der Waals surface area (Å²) in [5.41, 5.74) is 2.21. The maximum atomic E-state index is 12.8. The molecule has 0 radical (unpaired) electrons. The van der Waals surface area contributed by atoms with Crippen LogP contribution in [-0.2, 0) is 34.6 Å². The highest BCUT2D eigenvalue weighted by Crippen LogP contribution is 2.48. The van der Waals surface area contributed by atoms with Gasteiger partial charge in [-0.05, 0) is 49.1 Å². The number of ketones is 1. The van der Waals surface area contributed by atoms with Crippen LogP contribution in [0.2, 0.25) is 0 Å². The van der Waals surface area contributed by atoms with Crippen molar-refractivity contribution in [3.8, 4) is 0 Å². The Bertz CT molecular complexity index is 1010. The third-order valence-electron chi connectivity index (χ3n) is 6.62. The molecular weight excluding hydrogens is 444 g/mol. The van der Waals surface area contributed by atoms with Crippen LogP contribution in [0.15, 0.2) is 36.4 Å². The van der Waals surface area contributed by atoms with Crippen molar-refractivity contribution in [1.82, 2.24) is 0 Å². The highest BCUT2D eigenvalue weighted by atomic mass is 35.5. The number of Topliss-reactive ketones (excluding diaryl/α,β-unsaturated/α-hetero) is 1. The van der Waals surface area contributed by atoms with Crippen molar-refractivity contribution >= 4 is 28.4 Å². The highest BCUT2D eigenvalue weighted by molar-refractivity contribution is 6.07. The van der Waals surface area contributed by atoms with Crippen LogP contribution in [0.5, 0.6) is 0 Å². The van der Waals surface area contributed by atoms with E-state index >= 15 is 0 Å². The van der Waals surface area contributed by atoms with Crippen LogP contribution in [0, 0.1) is 6.92 Å². The molecule has 2 aromatic rings. The normalized spacial score (nSPS) is 29.3. The minimum atomic E-state index is -1.55. The van der Waals surface area contributed by atoms with Crippen LogP contribution >= 0.6 is 11.9 Å².